The molecule has 0 fully saturated rings. The van der Waals surface area contributed by atoms with E-state index in [1.807, 2.05) is 50.4 Å². The van der Waals surface area contributed by atoms with Gasteiger partial charge in [0.15, 0.2) is 0 Å². The van der Waals surface area contributed by atoms with Crippen molar-refractivity contribution in [3.63, 3.8) is 0 Å². The molecule has 1 amide bonds. The lowest BCUT2D eigenvalue weighted by atomic mass is 10.1. The van der Waals surface area contributed by atoms with Gasteiger partial charge in [-0.3, -0.25) is 4.79 Å². The first-order valence-corrected chi connectivity index (χ1v) is 9.91. The van der Waals surface area contributed by atoms with Crippen molar-refractivity contribution in [3.8, 4) is 11.3 Å². The van der Waals surface area contributed by atoms with E-state index in [4.69, 9.17) is 4.98 Å². The van der Waals surface area contributed by atoms with Gasteiger partial charge in [-0.25, -0.2) is 4.98 Å². The Hall–Kier alpha value is -3.40. The number of imidazole rings is 1. The third kappa shape index (κ3) is 4.21. The average molecular weight is 383 g/mol. The van der Waals surface area contributed by atoms with E-state index >= 15 is 0 Å². The van der Waals surface area contributed by atoms with Gasteiger partial charge < -0.3 is 9.72 Å². The van der Waals surface area contributed by atoms with Crippen LogP contribution < -0.4 is 5.32 Å². The first kappa shape index (κ1) is 18.9. The van der Waals surface area contributed by atoms with Gasteiger partial charge in [-0.1, -0.05) is 42.0 Å². The second-order valence-corrected chi connectivity index (χ2v) is 7.63. The molecule has 0 spiro atoms. The average Bonchev–Trinajstić information content (AvgIpc) is 3.05. The van der Waals surface area contributed by atoms with Crippen LogP contribution >= 0.6 is 0 Å². The number of nitrogens with one attached hydrogen (secondary N) is 1. The lowest BCUT2D eigenvalue weighted by Gasteiger charge is -2.09. The Morgan fingerprint density at radius 3 is 2.38 bits per heavy atom. The SMILES string of the molecule is Cc1ccc(-c2nc3ccccn3c2CCC(=O)Nc2cc(C)cc(C)c2)cc1. The number of rotatable bonds is 5. The molecule has 0 radical (unpaired) electrons. The highest BCUT2D eigenvalue weighted by atomic mass is 16.1. The largest absolute Gasteiger partial charge is 0.326 e. The molecular weight excluding hydrogens is 358 g/mol. The van der Waals surface area contributed by atoms with Crippen molar-refractivity contribution in [2.24, 2.45) is 0 Å². The van der Waals surface area contributed by atoms with Gasteiger partial charge >= 0.3 is 0 Å². The number of pyridine rings is 1. The number of aromatic nitrogens is 2. The fourth-order valence-corrected chi connectivity index (χ4v) is 3.73. The van der Waals surface area contributed by atoms with Crippen molar-refractivity contribution >= 4 is 17.2 Å². The monoisotopic (exact) mass is 383 g/mol. The second-order valence-electron chi connectivity index (χ2n) is 7.63. The maximum absolute atomic E-state index is 12.6. The number of benzene rings is 2. The van der Waals surface area contributed by atoms with E-state index in [2.05, 4.69) is 47.0 Å². The fraction of sp³-hybridized carbons (Fsp3) is 0.200. The number of carbonyl (C=O) groups is 1. The van der Waals surface area contributed by atoms with E-state index in [9.17, 15) is 4.79 Å². The third-order valence-corrected chi connectivity index (χ3v) is 5.05. The molecule has 0 saturated carbocycles. The highest BCUT2D eigenvalue weighted by molar-refractivity contribution is 5.91. The van der Waals surface area contributed by atoms with Crippen molar-refractivity contribution in [2.75, 3.05) is 5.32 Å². The summed E-state index contributed by atoms with van der Waals surface area (Å²) in [5.74, 6) is 0.00994. The normalized spacial score (nSPS) is 11.0. The molecule has 0 bridgehead atoms. The van der Waals surface area contributed by atoms with Crippen LogP contribution in [-0.2, 0) is 11.2 Å². The molecule has 146 valence electrons. The molecule has 2 heterocycles. The molecule has 0 aliphatic carbocycles. The molecule has 0 saturated heterocycles. The standard InChI is InChI=1S/C25H25N3O/c1-17-7-9-20(10-8-17)25-22(28-13-5-4-6-23(28)27-25)11-12-24(29)26-21-15-18(2)14-19(3)16-21/h4-10,13-16H,11-12H2,1-3H3,(H,26,29). The maximum Gasteiger partial charge on any atom is 0.224 e. The number of aryl methyl sites for hydroxylation is 4. The smallest absolute Gasteiger partial charge is 0.224 e. The highest BCUT2D eigenvalue weighted by Crippen LogP contribution is 2.26. The van der Waals surface area contributed by atoms with Crippen molar-refractivity contribution < 1.29 is 4.79 Å². The molecule has 0 unspecified atom stereocenters. The number of hydrogen-bond acceptors (Lipinski definition) is 2. The molecular formula is C25H25N3O. The quantitative estimate of drug-likeness (QED) is 0.495. The summed E-state index contributed by atoms with van der Waals surface area (Å²) < 4.78 is 2.08. The lowest BCUT2D eigenvalue weighted by molar-refractivity contribution is -0.116. The van der Waals surface area contributed by atoms with Crippen LogP contribution in [0.25, 0.3) is 16.9 Å². The first-order chi connectivity index (χ1) is 14.0. The van der Waals surface area contributed by atoms with Gasteiger partial charge in [0.05, 0.1) is 11.4 Å². The third-order valence-electron chi connectivity index (χ3n) is 5.05. The van der Waals surface area contributed by atoms with E-state index < -0.39 is 0 Å². The Morgan fingerprint density at radius 2 is 1.66 bits per heavy atom. The van der Waals surface area contributed by atoms with E-state index in [-0.39, 0.29) is 5.91 Å². The van der Waals surface area contributed by atoms with Crippen LogP contribution in [0.2, 0.25) is 0 Å². The Kier molecular flexibility index (Phi) is 5.17. The van der Waals surface area contributed by atoms with Crippen LogP contribution in [0, 0.1) is 20.8 Å². The lowest BCUT2D eigenvalue weighted by Crippen LogP contribution is -2.13. The van der Waals surface area contributed by atoms with E-state index in [1.54, 1.807) is 0 Å². The maximum atomic E-state index is 12.6. The molecule has 29 heavy (non-hydrogen) atoms. The Bertz CT molecular complexity index is 1150. The first-order valence-electron chi connectivity index (χ1n) is 9.91. The minimum absolute atomic E-state index is 0.00994. The molecule has 1 N–H and O–H groups in total. The number of carbonyl (C=O) groups excluding carboxylic acids is 1. The molecule has 4 heteroatoms. The summed E-state index contributed by atoms with van der Waals surface area (Å²) in [6, 6.07) is 20.4. The zero-order valence-corrected chi connectivity index (χ0v) is 17.1. The Labute approximate surface area is 171 Å². The van der Waals surface area contributed by atoms with Gasteiger partial charge in [-0.15, -0.1) is 0 Å². The summed E-state index contributed by atoms with van der Waals surface area (Å²) in [5.41, 5.74) is 8.32. The zero-order valence-electron chi connectivity index (χ0n) is 17.1. The number of nitrogens with zero attached hydrogens (tertiary/aromatic N) is 2. The van der Waals surface area contributed by atoms with Crippen LogP contribution in [0.1, 0.15) is 28.8 Å². The molecule has 0 atom stereocenters. The van der Waals surface area contributed by atoms with Crippen molar-refractivity contribution in [1.29, 1.82) is 0 Å². The summed E-state index contributed by atoms with van der Waals surface area (Å²) in [5, 5.41) is 3.03. The van der Waals surface area contributed by atoms with Gasteiger partial charge in [0.1, 0.15) is 5.65 Å². The highest BCUT2D eigenvalue weighted by Gasteiger charge is 2.15. The number of amides is 1. The predicted octanol–water partition coefficient (Wildman–Crippen LogP) is 5.50. The molecule has 4 rings (SSSR count). The summed E-state index contributed by atoms with van der Waals surface area (Å²) in [4.78, 5) is 17.4. The van der Waals surface area contributed by atoms with Gasteiger partial charge in [0.2, 0.25) is 5.91 Å². The van der Waals surface area contributed by atoms with Crippen LogP contribution in [0.3, 0.4) is 0 Å². The minimum atomic E-state index is 0.00994. The predicted molar refractivity (Wildman–Crippen MR) is 118 cm³/mol. The van der Waals surface area contributed by atoms with Gasteiger partial charge in [-0.05, 0) is 62.6 Å². The van der Waals surface area contributed by atoms with Crippen molar-refractivity contribution in [3.05, 3.63) is 89.2 Å². The summed E-state index contributed by atoms with van der Waals surface area (Å²) >= 11 is 0. The summed E-state index contributed by atoms with van der Waals surface area (Å²) in [7, 11) is 0. The Morgan fingerprint density at radius 1 is 0.931 bits per heavy atom. The minimum Gasteiger partial charge on any atom is -0.326 e. The molecule has 0 aliphatic heterocycles. The van der Waals surface area contributed by atoms with Crippen LogP contribution in [-0.4, -0.2) is 15.3 Å². The van der Waals surface area contributed by atoms with Crippen LogP contribution in [0.5, 0.6) is 0 Å². The summed E-state index contributed by atoms with van der Waals surface area (Å²) in [6.45, 7) is 6.15. The van der Waals surface area contributed by atoms with Crippen molar-refractivity contribution in [1.82, 2.24) is 9.38 Å². The molecule has 2 aromatic heterocycles. The van der Waals surface area contributed by atoms with E-state index in [1.165, 1.54) is 5.56 Å². The van der Waals surface area contributed by atoms with Gasteiger partial charge in [0, 0.05) is 23.9 Å². The zero-order chi connectivity index (χ0) is 20.4. The molecule has 4 aromatic rings. The number of fused-ring (bicyclic) bond motifs is 1. The van der Waals surface area contributed by atoms with E-state index in [0.29, 0.717) is 12.8 Å². The molecule has 4 nitrogen and oxygen atoms in total. The summed E-state index contributed by atoms with van der Waals surface area (Å²) in [6.07, 6.45) is 3.02. The van der Waals surface area contributed by atoms with E-state index in [0.717, 1.165) is 39.4 Å². The van der Waals surface area contributed by atoms with Crippen LogP contribution in [0.4, 0.5) is 5.69 Å². The van der Waals surface area contributed by atoms with Crippen LogP contribution in [0.15, 0.2) is 66.9 Å². The van der Waals surface area contributed by atoms with Gasteiger partial charge in [0.25, 0.3) is 0 Å². The topological polar surface area (TPSA) is 46.4 Å². The molecule has 2 aromatic carbocycles. The molecule has 0 aliphatic rings. The second kappa shape index (κ2) is 7.92. The van der Waals surface area contributed by atoms with Crippen molar-refractivity contribution in [2.45, 2.75) is 33.6 Å². The number of hydrogen-bond donors (Lipinski definition) is 1. The Balaban J connectivity index is 1.59. The van der Waals surface area contributed by atoms with Gasteiger partial charge in [-0.2, -0.15) is 0 Å². The fourth-order valence-electron chi connectivity index (χ4n) is 3.73. The number of anilines is 1.